The van der Waals surface area contributed by atoms with E-state index in [1.165, 1.54) is 0 Å². The van der Waals surface area contributed by atoms with Crippen molar-refractivity contribution in [1.29, 1.82) is 0 Å². The van der Waals surface area contributed by atoms with Crippen LogP contribution in [0.5, 0.6) is 0 Å². The zero-order valence-electron chi connectivity index (χ0n) is 10.9. The number of esters is 2. The summed E-state index contributed by atoms with van der Waals surface area (Å²) in [5.74, 6) is -1.33. The number of nitrogens with zero attached hydrogens (tertiary/aromatic N) is 1. The van der Waals surface area contributed by atoms with Crippen LogP contribution in [0.1, 0.15) is 12.8 Å². The van der Waals surface area contributed by atoms with Crippen molar-refractivity contribution in [2.75, 3.05) is 38.9 Å². The van der Waals surface area contributed by atoms with Gasteiger partial charge in [0.15, 0.2) is 0 Å². The second-order valence-corrected chi connectivity index (χ2v) is 6.10. The summed E-state index contributed by atoms with van der Waals surface area (Å²) in [6.45, 7) is -1.04. The second-order valence-electron chi connectivity index (χ2n) is 3.63. The molecule has 0 N–H and O–H groups in total. The van der Waals surface area contributed by atoms with E-state index in [0.717, 1.165) is 18.5 Å². The molecule has 0 aromatic carbocycles. The van der Waals surface area contributed by atoms with Gasteiger partial charge in [-0.2, -0.15) is 4.31 Å². The Hall–Kier alpha value is -0.860. The van der Waals surface area contributed by atoms with Crippen molar-refractivity contribution < 1.29 is 27.5 Å². The summed E-state index contributed by atoms with van der Waals surface area (Å²) in [7, 11) is -1.46. The number of carbonyl (C=O) groups is 2. The number of halogens is 1. The van der Waals surface area contributed by atoms with Crippen LogP contribution in [0.15, 0.2) is 0 Å². The highest BCUT2D eigenvalue weighted by molar-refractivity contribution is 7.89. The lowest BCUT2D eigenvalue weighted by Crippen LogP contribution is -2.41. The van der Waals surface area contributed by atoms with Crippen molar-refractivity contribution in [1.82, 2.24) is 4.31 Å². The highest BCUT2D eigenvalue weighted by Gasteiger charge is 2.27. The van der Waals surface area contributed by atoms with Gasteiger partial charge in [-0.3, -0.25) is 9.59 Å². The van der Waals surface area contributed by atoms with E-state index in [0.29, 0.717) is 18.7 Å². The van der Waals surface area contributed by atoms with Crippen LogP contribution in [0.2, 0.25) is 0 Å². The number of rotatable bonds is 9. The highest BCUT2D eigenvalue weighted by Crippen LogP contribution is 2.06. The zero-order valence-corrected chi connectivity index (χ0v) is 12.5. The predicted molar refractivity (Wildman–Crippen MR) is 69.3 cm³/mol. The molecule has 19 heavy (non-hydrogen) atoms. The molecule has 0 aliphatic carbocycles. The number of ether oxygens (including phenoxy) is 2. The molecule has 0 unspecified atom stereocenters. The number of hydrogen-bond acceptors (Lipinski definition) is 6. The monoisotopic (exact) mass is 315 g/mol. The maximum absolute atomic E-state index is 12.0. The fraction of sp³-hybridized carbons (Fsp3) is 0.800. The van der Waals surface area contributed by atoms with E-state index < -0.39 is 35.1 Å². The van der Waals surface area contributed by atoms with Gasteiger partial charge in [-0.15, -0.1) is 11.6 Å². The quantitative estimate of drug-likeness (QED) is 0.337. The molecule has 0 radical (unpaired) electrons. The summed E-state index contributed by atoms with van der Waals surface area (Å²) >= 11 is 5.47. The molecular weight excluding hydrogens is 298 g/mol. The fourth-order valence-corrected chi connectivity index (χ4v) is 2.80. The average Bonchev–Trinajstić information content (AvgIpc) is 2.37. The number of alkyl halides is 1. The standard InChI is InChI=1S/C10H18ClNO6S/c1-17-9(13)7-12(8-10(14)18-2)19(15,16)6-4-3-5-11/h3-8H2,1-2H3. The normalized spacial score (nSPS) is 11.4. The number of carbonyl (C=O) groups excluding carboxylic acids is 2. The first-order valence-corrected chi connectivity index (χ1v) is 7.69. The first-order valence-electron chi connectivity index (χ1n) is 5.54. The first kappa shape index (κ1) is 18.1. The van der Waals surface area contributed by atoms with E-state index in [-0.39, 0.29) is 5.75 Å². The fourth-order valence-electron chi connectivity index (χ4n) is 1.18. The maximum Gasteiger partial charge on any atom is 0.321 e. The zero-order chi connectivity index (χ0) is 14.9. The van der Waals surface area contributed by atoms with Gasteiger partial charge in [-0.05, 0) is 12.8 Å². The molecule has 0 aromatic rings. The van der Waals surface area contributed by atoms with Crippen LogP contribution in [0.4, 0.5) is 0 Å². The molecule has 0 amide bonds. The molecule has 7 nitrogen and oxygen atoms in total. The minimum absolute atomic E-state index is 0.187. The molecule has 9 heteroatoms. The van der Waals surface area contributed by atoms with Gasteiger partial charge in [0, 0.05) is 5.88 Å². The SMILES string of the molecule is COC(=O)CN(CC(=O)OC)S(=O)(=O)CCCCCl. The van der Waals surface area contributed by atoms with Gasteiger partial charge >= 0.3 is 11.9 Å². The Balaban J connectivity index is 4.78. The summed E-state index contributed by atoms with van der Waals surface area (Å²) in [6, 6.07) is 0. The van der Waals surface area contributed by atoms with Gasteiger partial charge in [0.25, 0.3) is 0 Å². The summed E-state index contributed by atoms with van der Waals surface area (Å²) in [6.07, 6.45) is 0.885. The van der Waals surface area contributed by atoms with E-state index in [9.17, 15) is 18.0 Å². The number of unbranched alkanes of at least 4 members (excludes halogenated alkanes) is 1. The largest absolute Gasteiger partial charge is 0.468 e. The Labute approximate surface area is 117 Å². The highest BCUT2D eigenvalue weighted by atomic mass is 35.5. The molecule has 0 aliphatic heterocycles. The van der Waals surface area contributed by atoms with E-state index in [1.807, 2.05) is 0 Å². The maximum atomic E-state index is 12.0. The van der Waals surface area contributed by atoms with Crippen molar-refractivity contribution in [3.05, 3.63) is 0 Å². The van der Waals surface area contributed by atoms with Crippen molar-refractivity contribution in [2.45, 2.75) is 12.8 Å². The molecule has 0 aromatic heterocycles. The van der Waals surface area contributed by atoms with Crippen molar-refractivity contribution in [3.8, 4) is 0 Å². The van der Waals surface area contributed by atoms with Crippen molar-refractivity contribution in [2.24, 2.45) is 0 Å². The topological polar surface area (TPSA) is 90.0 Å². The van der Waals surface area contributed by atoms with Crippen LogP contribution in [0, 0.1) is 0 Å². The third-order valence-electron chi connectivity index (χ3n) is 2.25. The average molecular weight is 316 g/mol. The van der Waals surface area contributed by atoms with Gasteiger partial charge in [-0.25, -0.2) is 8.42 Å². The van der Waals surface area contributed by atoms with Crippen LogP contribution in [-0.2, 0) is 29.1 Å². The summed E-state index contributed by atoms with van der Waals surface area (Å²) in [5.41, 5.74) is 0. The Bertz CT molecular complexity index is 379. The van der Waals surface area contributed by atoms with Gasteiger partial charge in [0.2, 0.25) is 10.0 Å². The van der Waals surface area contributed by atoms with Gasteiger partial charge in [0.1, 0.15) is 13.1 Å². The van der Waals surface area contributed by atoms with Crippen LogP contribution in [0.25, 0.3) is 0 Å². The Morgan fingerprint density at radius 1 is 1.05 bits per heavy atom. The molecule has 0 saturated heterocycles. The van der Waals surface area contributed by atoms with Crippen LogP contribution >= 0.6 is 11.6 Å². The van der Waals surface area contributed by atoms with Crippen LogP contribution < -0.4 is 0 Å². The smallest absolute Gasteiger partial charge is 0.321 e. The molecule has 0 bridgehead atoms. The molecule has 0 spiro atoms. The van der Waals surface area contributed by atoms with Crippen LogP contribution in [0.3, 0.4) is 0 Å². The molecule has 0 atom stereocenters. The molecule has 0 aliphatic rings. The lowest BCUT2D eigenvalue weighted by molar-refractivity contribution is -0.143. The van der Waals surface area contributed by atoms with Crippen molar-refractivity contribution in [3.63, 3.8) is 0 Å². The van der Waals surface area contributed by atoms with E-state index in [1.54, 1.807) is 0 Å². The van der Waals surface area contributed by atoms with Gasteiger partial charge < -0.3 is 9.47 Å². The lowest BCUT2D eigenvalue weighted by Gasteiger charge is -2.19. The Morgan fingerprint density at radius 3 is 1.89 bits per heavy atom. The minimum Gasteiger partial charge on any atom is -0.468 e. The lowest BCUT2D eigenvalue weighted by atomic mass is 10.4. The molecule has 0 saturated carbocycles. The number of methoxy groups -OCH3 is 2. The van der Waals surface area contributed by atoms with E-state index >= 15 is 0 Å². The van der Waals surface area contributed by atoms with E-state index in [2.05, 4.69) is 9.47 Å². The van der Waals surface area contributed by atoms with Gasteiger partial charge in [-0.1, -0.05) is 0 Å². The predicted octanol–water partition coefficient (Wildman–Crippen LogP) is -0.0168. The van der Waals surface area contributed by atoms with Crippen LogP contribution in [-0.4, -0.2) is 63.6 Å². The summed E-state index contributed by atoms with van der Waals surface area (Å²) in [5, 5.41) is 0. The molecule has 0 rings (SSSR count). The molecule has 0 heterocycles. The third-order valence-corrected chi connectivity index (χ3v) is 4.36. The van der Waals surface area contributed by atoms with Gasteiger partial charge in [0.05, 0.1) is 20.0 Å². The third kappa shape index (κ3) is 7.34. The summed E-state index contributed by atoms with van der Waals surface area (Å²) in [4.78, 5) is 22.3. The Kier molecular flexibility index (Phi) is 8.70. The summed E-state index contributed by atoms with van der Waals surface area (Å²) < 4.78 is 33.5. The number of hydrogen-bond donors (Lipinski definition) is 0. The number of sulfonamides is 1. The molecule has 0 fully saturated rings. The Morgan fingerprint density at radius 2 is 1.53 bits per heavy atom. The molecular formula is C10H18ClNO6S. The minimum atomic E-state index is -3.73. The first-order chi connectivity index (χ1) is 8.87. The second kappa shape index (κ2) is 9.11. The van der Waals surface area contributed by atoms with E-state index in [4.69, 9.17) is 11.6 Å². The van der Waals surface area contributed by atoms with Crippen molar-refractivity contribution >= 4 is 33.6 Å². The molecule has 112 valence electrons.